The molecule has 2 rings (SSSR count). The fourth-order valence-electron chi connectivity index (χ4n) is 1.28. The molecule has 3 N–H and O–H groups in total. The number of anilines is 2. The molecule has 1 saturated heterocycles. The molecule has 0 atom stereocenters. The van der Waals surface area contributed by atoms with Gasteiger partial charge in [0, 0.05) is 19.2 Å². The smallest absolute Gasteiger partial charge is 0.152 e. The standard InChI is InChI=1S/C7H12N4O/c8-6-5-7(10-9-6)11-1-3-12-4-2-11/h5H,1-4H2,(H3,8,9,10). The van der Waals surface area contributed by atoms with Crippen molar-refractivity contribution in [2.45, 2.75) is 0 Å². The van der Waals surface area contributed by atoms with E-state index in [0.29, 0.717) is 5.82 Å². The van der Waals surface area contributed by atoms with E-state index in [9.17, 15) is 0 Å². The number of morpholine rings is 1. The van der Waals surface area contributed by atoms with Gasteiger partial charge in [0.05, 0.1) is 13.2 Å². The number of aromatic nitrogens is 2. The molecular formula is C7H12N4O. The summed E-state index contributed by atoms with van der Waals surface area (Å²) in [7, 11) is 0. The molecule has 5 nitrogen and oxygen atoms in total. The Morgan fingerprint density at radius 3 is 2.83 bits per heavy atom. The number of nitrogens with one attached hydrogen (secondary N) is 1. The first kappa shape index (κ1) is 7.42. The van der Waals surface area contributed by atoms with Crippen LogP contribution in [-0.4, -0.2) is 36.5 Å². The monoisotopic (exact) mass is 168 g/mol. The number of hydrogen-bond acceptors (Lipinski definition) is 4. The Labute approximate surface area is 70.5 Å². The van der Waals surface area contributed by atoms with Crippen LogP contribution in [0.2, 0.25) is 0 Å². The van der Waals surface area contributed by atoms with Crippen LogP contribution in [0.15, 0.2) is 6.07 Å². The average molecular weight is 168 g/mol. The van der Waals surface area contributed by atoms with E-state index in [1.807, 2.05) is 6.07 Å². The molecule has 0 aliphatic carbocycles. The largest absolute Gasteiger partial charge is 0.384 e. The van der Waals surface area contributed by atoms with Gasteiger partial charge in [-0.2, -0.15) is 5.10 Å². The van der Waals surface area contributed by atoms with Crippen molar-refractivity contribution in [1.29, 1.82) is 0 Å². The van der Waals surface area contributed by atoms with Gasteiger partial charge in [0.15, 0.2) is 5.82 Å². The maximum Gasteiger partial charge on any atom is 0.152 e. The number of aromatic amines is 1. The molecule has 66 valence electrons. The summed E-state index contributed by atoms with van der Waals surface area (Å²) >= 11 is 0. The van der Waals surface area contributed by atoms with Crippen molar-refractivity contribution in [3.05, 3.63) is 6.07 Å². The summed E-state index contributed by atoms with van der Waals surface area (Å²) in [5.74, 6) is 1.52. The zero-order valence-electron chi connectivity index (χ0n) is 6.79. The van der Waals surface area contributed by atoms with Gasteiger partial charge >= 0.3 is 0 Å². The highest BCUT2D eigenvalue weighted by Gasteiger charge is 2.12. The lowest BCUT2D eigenvalue weighted by Gasteiger charge is -2.26. The van der Waals surface area contributed by atoms with Gasteiger partial charge in [-0.15, -0.1) is 0 Å². The lowest BCUT2D eigenvalue weighted by molar-refractivity contribution is 0.122. The minimum absolute atomic E-state index is 0.608. The van der Waals surface area contributed by atoms with E-state index >= 15 is 0 Å². The average Bonchev–Trinajstić information content (AvgIpc) is 2.54. The molecule has 0 bridgehead atoms. The van der Waals surface area contributed by atoms with Gasteiger partial charge in [0.1, 0.15) is 5.82 Å². The van der Waals surface area contributed by atoms with Crippen molar-refractivity contribution < 1.29 is 4.74 Å². The van der Waals surface area contributed by atoms with Crippen molar-refractivity contribution in [3.8, 4) is 0 Å². The normalized spacial score (nSPS) is 18.2. The van der Waals surface area contributed by atoms with Crippen LogP contribution < -0.4 is 10.6 Å². The van der Waals surface area contributed by atoms with Crippen molar-refractivity contribution >= 4 is 11.6 Å². The molecule has 0 unspecified atom stereocenters. The third kappa shape index (κ3) is 1.35. The predicted molar refractivity (Wildman–Crippen MR) is 46.0 cm³/mol. The Kier molecular flexibility index (Phi) is 1.87. The highest BCUT2D eigenvalue weighted by atomic mass is 16.5. The fraction of sp³-hybridized carbons (Fsp3) is 0.571. The molecule has 0 aromatic carbocycles. The highest BCUT2D eigenvalue weighted by Crippen LogP contribution is 2.13. The van der Waals surface area contributed by atoms with Gasteiger partial charge in [0.2, 0.25) is 0 Å². The van der Waals surface area contributed by atoms with Crippen LogP contribution >= 0.6 is 0 Å². The molecule has 0 radical (unpaired) electrons. The summed E-state index contributed by atoms with van der Waals surface area (Å²) in [6, 6.07) is 1.84. The Morgan fingerprint density at radius 2 is 2.25 bits per heavy atom. The number of rotatable bonds is 1. The molecule has 12 heavy (non-hydrogen) atoms. The molecule has 1 fully saturated rings. The van der Waals surface area contributed by atoms with Crippen LogP contribution in [0.5, 0.6) is 0 Å². The van der Waals surface area contributed by atoms with Crippen LogP contribution in [0.3, 0.4) is 0 Å². The van der Waals surface area contributed by atoms with Crippen molar-refractivity contribution in [1.82, 2.24) is 10.2 Å². The Morgan fingerprint density at radius 1 is 1.50 bits per heavy atom. The van der Waals surface area contributed by atoms with Crippen molar-refractivity contribution in [2.75, 3.05) is 36.9 Å². The number of nitrogens with zero attached hydrogens (tertiary/aromatic N) is 2. The Bertz CT molecular complexity index is 254. The molecule has 0 amide bonds. The number of hydrogen-bond donors (Lipinski definition) is 2. The van der Waals surface area contributed by atoms with Gasteiger partial charge in [-0.1, -0.05) is 0 Å². The molecule has 0 spiro atoms. The number of ether oxygens (including phenoxy) is 1. The number of nitrogen functional groups attached to an aromatic ring is 1. The topological polar surface area (TPSA) is 67.2 Å². The molecule has 0 saturated carbocycles. The van der Waals surface area contributed by atoms with E-state index in [2.05, 4.69) is 15.1 Å². The summed E-state index contributed by atoms with van der Waals surface area (Å²) in [6.07, 6.45) is 0. The van der Waals surface area contributed by atoms with Crippen molar-refractivity contribution in [3.63, 3.8) is 0 Å². The lowest BCUT2D eigenvalue weighted by Crippen LogP contribution is -2.36. The molecule has 1 aliphatic rings. The number of H-pyrrole nitrogens is 1. The van der Waals surface area contributed by atoms with E-state index < -0.39 is 0 Å². The summed E-state index contributed by atoms with van der Waals surface area (Å²) in [5, 5.41) is 6.77. The molecule has 1 aromatic rings. The summed E-state index contributed by atoms with van der Waals surface area (Å²) in [6.45, 7) is 3.33. The second-order valence-electron chi connectivity index (χ2n) is 2.78. The van der Waals surface area contributed by atoms with Gasteiger partial charge in [-0.05, 0) is 0 Å². The maximum atomic E-state index is 5.51. The quantitative estimate of drug-likeness (QED) is 0.611. The summed E-state index contributed by atoms with van der Waals surface area (Å²) in [4.78, 5) is 2.15. The highest BCUT2D eigenvalue weighted by molar-refractivity contribution is 5.46. The molecule has 1 aromatic heterocycles. The zero-order chi connectivity index (χ0) is 8.39. The van der Waals surface area contributed by atoms with E-state index in [1.165, 1.54) is 0 Å². The van der Waals surface area contributed by atoms with Gasteiger partial charge in [-0.25, -0.2) is 0 Å². The van der Waals surface area contributed by atoms with E-state index in [1.54, 1.807) is 0 Å². The SMILES string of the molecule is Nc1cc(N2CCOCC2)n[nH]1. The predicted octanol–water partition coefficient (Wildman–Crippen LogP) is -0.172. The van der Waals surface area contributed by atoms with E-state index in [0.717, 1.165) is 32.1 Å². The maximum absolute atomic E-state index is 5.51. The van der Waals surface area contributed by atoms with Crippen LogP contribution in [0.4, 0.5) is 11.6 Å². The molecule has 5 heteroatoms. The van der Waals surface area contributed by atoms with Gasteiger partial charge in [-0.3, -0.25) is 5.10 Å². The van der Waals surface area contributed by atoms with Crippen LogP contribution in [0.1, 0.15) is 0 Å². The van der Waals surface area contributed by atoms with Crippen LogP contribution in [0, 0.1) is 0 Å². The third-order valence-electron chi connectivity index (χ3n) is 1.92. The second kappa shape index (κ2) is 3.02. The lowest BCUT2D eigenvalue weighted by atomic mass is 10.4. The number of nitrogens with two attached hydrogens (primary N) is 1. The Hall–Kier alpha value is -1.23. The van der Waals surface area contributed by atoms with Crippen LogP contribution in [0.25, 0.3) is 0 Å². The first-order chi connectivity index (χ1) is 5.86. The third-order valence-corrected chi connectivity index (χ3v) is 1.92. The molecule has 1 aliphatic heterocycles. The second-order valence-corrected chi connectivity index (χ2v) is 2.78. The Balaban J connectivity index is 2.08. The first-order valence-electron chi connectivity index (χ1n) is 4.00. The zero-order valence-corrected chi connectivity index (χ0v) is 6.79. The van der Waals surface area contributed by atoms with Gasteiger partial charge < -0.3 is 15.4 Å². The van der Waals surface area contributed by atoms with Crippen molar-refractivity contribution in [2.24, 2.45) is 0 Å². The molecular weight excluding hydrogens is 156 g/mol. The first-order valence-corrected chi connectivity index (χ1v) is 4.00. The summed E-state index contributed by atoms with van der Waals surface area (Å²) in [5.41, 5.74) is 5.51. The molecule has 2 heterocycles. The van der Waals surface area contributed by atoms with Gasteiger partial charge in [0.25, 0.3) is 0 Å². The van der Waals surface area contributed by atoms with Crippen LogP contribution in [-0.2, 0) is 4.74 Å². The van der Waals surface area contributed by atoms with E-state index in [-0.39, 0.29) is 0 Å². The summed E-state index contributed by atoms with van der Waals surface area (Å²) < 4.78 is 5.22. The van der Waals surface area contributed by atoms with E-state index in [4.69, 9.17) is 10.5 Å². The minimum Gasteiger partial charge on any atom is -0.384 e. The minimum atomic E-state index is 0.608. The fourth-order valence-corrected chi connectivity index (χ4v) is 1.28.